The molecule has 94 valence electrons. The van der Waals surface area contributed by atoms with Crippen LogP contribution in [-0.4, -0.2) is 49.3 Å². The SMILES string of the molecule is COC1CCCC(CN(C)CCC(=O)O)C1. The van der Waals surface area contributed by atoms with Crippen LogP contribution >= 0.6 is 0 Å². The molecule has 0 aromatic rings. The van der Waals surface area contributed by atoms with Gasteiger partial charge >= 0.3 is 5.97 Å². The lowest BCUT2D eigenvalue weighted by molar-refractivity contribution is -0.137. The van der Waals surface area contributed by atoms with Gasteiger partial charge in [0.25, 0.3) is 0 Å². The zero-order chi connectivity index (χ0) is 12.0. The van der Waals surface area contributed by atoms with Crippen molar-refractivity contribution < 1.29 is 14.6 Å². The van der Waals surface area contributed by atoms with Gasteiger partial charge in [-0.2, -0.15) is 0 Å². The maximum absolute atomic E-state index is 10.4. The fraction of sp³-hybridized carbons (Fsp3) is 0.917. The molecule has 0 amide bonds. The molecule has 1 saturated carbocycles. The molecule has 0 saturated heterocycles. The van der Waals surface area contributed by atoms with Crippen molar-refractivity contribution in [3.05, 3.63) is 0 Å². The zero-order valence-corrected chi connectivity index (χ0v) is 10.3. The first kappa shape index (κ1) is 13.5. The van der Waals surface area contributed by atoms with Crippen molar-refractivity contribution in [2.24, 2.45) is 5.92 Å². The van der Waals surface area contributed by atoms with E-state index in [0.29, 0.717) is 18.6 Å². The molecule has 0 spiro atoms. The molecule has 1 fully saturated rings. The van der Waals surface area contributed by atoms with Crippen LogP contribution in [0.3, 0.4) is 0 Å². The van der Waals surface area contributed by atoms with Gasteiger partial charge in [0.05, 0.1) is 12.5 Å². The third-order valence-electron chi connectivity index (χ3n) is 3.35. The lowest BCUT2D eigenvalue weighted by Crippen LogP contribution is -2.32. The number of rotatable bonds is 6. The minimum Gasteiger partial charge on any atom is -0.481 e. The summed E-state index contributed by atoms with van der Waals surface area (Å²) in [5, 5.41) is 8.60. The highest BCUT2D eigenvalue weighted by atomic mass is 16.5. The second-order valence-corrected chi connectivity index (χ2v) is 4.80. The van der Waals surface area contributed by atoms with Gasteiger partial charge in [0, 0.05) is 20.2 Å². The number of carboxylic acids is 1. The van der Waals surface area contributed by atoms with Crippen molar-refractivity contribution >= 4 is 5.97 Å². The van der Waals surface area contributed by atoms with Gasteiger partial charge in [-0.3, -0.25) is 4.79 Å². The zero-order valence-electron chi connectivity index (χ0n) is 10.3. The van der Waals surface area contributed by atoms with Crippen molar-refractivity contribution in [2.75, 3.05) is 27.2 Å². The minimum absolute atomic E-state index is 0.233. The number of carbonyl (C=O) groups is 1. The van der Waals surface area contributed by atoms with Gasteiger partial charge in [-0.1, -0.05) is 6.42 Å². The van der Waals surface area contributed by atoms with Crippen LogP contribution in [-0.2, 0) is 9.53 Å². The Bertz CT molecular complexity index is 220. The Labute approximate surface area is 97.6 Å². The Morgan fingerprint density at radius 2 is 2.25 bits per heavy atom. The van der Waals surface area contributed by atoms with Crippen LogP contribution in [0, 0.1) is 5.92 Å². The molecule has 1 rings (SSSR count). The van der Waals surface area contributed by atoms with Gasteiger partial charge in [-0.25, -0.2) is 0 Å². The van der Waals surface area contributed by atoms with Gasteiger partial charge in [0.1, 0.15) is 0 Å². The maximum Gasteiger partial charge on any atom is 0.304 e. The van der Waals surface area contributed by atoms with E-state index < -0.39 is 5.97 Å². The average molecular weight is 229 g/mol. The molecule has 0 radical (unpaired) electrons. The summed E-state index contributed by atoms with van der Waals surface area (Å²) in [6.45, 7) is 1.64. The lowest BCUT2D eigenvalue weighted by Gasteiger charge is -2.31. The highest BCUT2D eigenvalue weighted by molar-refractivity contribution is 5.66. The fourth-order valence-electron chi connectivity index (χ4n) is 2.44. The van der Waals surface area contributed by atoms with E-state index in [4.69, 9.17) is 9.84 Å². The van der Waals surface area contributed by atoms with Crippen molar-refractivity contribution in [3.63, 3.8) is 0 Å². The molecule has 0 aromatic heterocycles. The smallest absolute Gasteiger partial charge is 0.304 e. The second-order valence-electron chi connectivity index (χ2n) is 4.80. The van der Waals surface area contributed by atoms with Gasteiger partial charge in [-0.15, -0.1) is 0 Å². The Morgan fingerprint density at radius 3 is 2.88 bits per heavy atom. The molecular formula is C12H23NO3. The number of nitrogens with zero attached hydrogens (tertiary/aromatic N) is 1. The molecule has 1 aliphatic carbocycles. The molecule has 2 unspecified atom stereocenters. The van der Waals surface area contributed by atoms with E-state index in [9.17, 15) is 4.79 Å². The van der Waals surface area contributed by atoms with E-state index >= 15 is 0 Å². The molecule has 4 heteroatoms. The summed E-state index contributed by atoms with van der Waals surface area (Å²) in [6, 6.07) is 0. The molecule has 0 heterocycles. The Balaban J connectivity index is 2.22. The van der Waals surface area contributed by atoms with Crippen LogP contribution in [0.25, 0.3) is 0 Å². The topological polar surface area (TPSA) is 49.8 Å². The lowest BCUT2D eigenvalue weighted by atomic mass is 9.87. The first-order valence-corrected chi connectivity index (χ1v) is 6.05. The Morgan fingerprint density at radius 1 is 1.50 bits per heavy atom. The first-order chi connectivity index (χ1) is 7.61. The van der Waals surface area contributed by atoms with Crippen LogP contribution < -0.4 is 0 Å². The summed E-state index contributed by atoms with van der Waals surface area (Å²) in [5.41, 5.74) is 0. The van der Waals surface area contributed by atoms with E-state index in [-0.39, 0.29) is 6.42 Å². The predicted octanol–water partition coefficient (Wildman–Crippen LogP) is 1.60. The number of methoxy groups -OCH3 is 1. The number of carboxylic acid groups (broad SMARTS) is 1. The quantitative estimate of drug-likeness (QED) is 0.751. The number of hydrogen-bond acceptors (Lipinski definition) is 3. The second kappa shape index (κ2) is 6.86. The first-order valence-electron chi connectivity index (χ1n) is 6.05. The highest BCUT2D eigenvalue weighted by Crippen LogP contribution is 2.26. The summed E-state index contributed by atoms with van der Waals surface area (Å²) in [6.07, 6.45) is 5.41. The van der Waals surface area contributed by atoms with Gasteiger partial charge in [0.15, 0.2) is 0 Å². The van der Waals surface area contributed by atoms with E-state index in [0.717, 1.165) is 13.0 Å². The molecule has 1 aliphatic rings. The van der Waals surface area contributed by atoms with Gasteiger partial charge in [-0.05, 0) is 32.2 Å². The monoisotopic (exact) mass is 229 g/mol. The third kappa shape index (κ3) is 4.94. The molecule has 0 aromatic carbocycles. The highest BCUT2D eigenvalue weighted by Gasteiger charge is 2.22. The molecule has 2 atom stereocenters. The van der Waals surface area contributed by atoms with Crippen LogP contribution in [0.15, 0.2) is 0 Å². The Hall–Kier alpha value is -0.610. The summed E-state index contributed by atoms with van der Waals surface area (Å²) < 4.78 is 5.39. The van der Waals surface area contributed by atoms with Crippen molar-refractivity contribution in [1.82, 2.24) is 4.90 Å². The molecule has 16 heavy (non-hydrogen) atoms. The van der Waals surface area contributed by atoms with Gasteiger partial charge in [0.2, 0.25) is 0 Å². The minimum atomic E-state index is -0.717. The standard InChI is InChI=1S/C12H23NO3/c1-13(7-6-12(14)15)9-10-4-3-5-11(8-10)16-2/h10-11H,3-9H2,1-2H3,(H,14,15). The third-order valence-corrected chi connectivity index (χ3v) is 3.35. The Kier molecular flexibility index (Phi) is 5.77. The molecular weight excluding hydrogens is 206 g/mol. The predicted molar refractivity (Wildman–Crippen MR) is 62.5 cm³/mol. The normalized spacial score (nSPS) is 25.9. The van der Waals surface area contributed by atoms with Gasteiger partial charge < -0.3 is 14.7 Å². The fourth-order valence-corrected chi connectivity index (χ4v) is 2.44. The van der Waals surface area contributed by atoms with Crippen LogP contribution in [0.1, 0.15) is 32.1 Å². The van der Waals surface area contributed by atoms with Crippen LogP contribution in [0.5, 0.6) is 0 Å². The maximum atomic E-state index is 10.4. The van der Waals surface area contributed by atoms with Crippen molar-refractivity contribution in [2.45, 2.75) is 38.2 Å². The van der Waals surface area contributed by atoms with E-state index in [1.165, 1.54) is 19.3 Å². The molecule has 4 nitrogen and oxygen atoms in total. The molecule has 0 aliphatic heterocycles. The average Bonchev–Trinajstić information content (AvgIpc) is 2.26. The van der Waals surface area contributed by atoms with E-state index in [2.05, 4.69) is 4.90 Å². The van der Waals surface area contributed by atoms with Crippen LogP contribution in [0.2, 0.25) is 0 Å². The summed E-state index contributed by atoms with van der Waals surface area (Å²) in [7, 11) is 3.78. The van der Waals surface area contributed by atoms with E-state index in [1.807, 2.05) is 7.05 Å². The number of hydrogen-bond donors (Lipinski definition) is 1. The summed E-state index contributed by atoms with van der Waals surface area (Å²) in [4.78, 5) is 12.6. The summed E-state index contributed by atoms with van der Waals surface area (Å²) in [5.74, 6) is -0.0530. The summed E-state index contributed by atoms with van der Waals surface area (Å²) >= 11 is 0. The molecule has 0 bridgehead atoms. The van der Waals surface area contributed by atoms with E-state index in [1.54, 1.807) is 7.11 Å². The van der Waals surface area contributed by atoms with Crippen molar-refractivity contribution in [1.29, 1.82) is 0 Å². The number of ether oxygens (including phenoxy) is 1. The molecule has 1 N–H and O–H groups in total. The largest absolute Gasteiger partial charge is 0.481 e. The van der Waals surface area contributed by atoms with Crippen molar-refractivity contribution in [3.8, 4) is 0 Å². The number of aliphatic carboxylic acids is 1. The van der Waals surface area contributed by atoms with Crippen LogP contribution in [0.4, 0.5) is 0 Å².